The Labute approximate surface area is 148 Å². The molecule has 1 aliphatic rings. The fourth-order valence-corrected chi connectivity index (χ4v) is 3.79. The number of benzene rings is 2. The molecule has 3 aromatic rings. The zero-order valence-electron chi connectivity index (χ0n) is 14.1. The van der Waals surface area contributed by atoms with Gasteiger partial charge in [0.05, 0.1) is 5.52 Å². The summed E-state index contributed by atoms with van der Waals surface area (Å²) in [6.45, 7) is 4.26. The molecule has 0 spiro atoms. The molecule has 3 heteroatoms. The van der Waals surface area contributed by atoms with E-state index < -0.39 is 0 Å². The Kier molecular flexibility index (Phi) is 3.95. The number of allylic oxidation sites excluding steroid dienone is 1. The Morgan fingerprint density at radius 3 is 2.71 bits per heavy atom. The fourth-order valence-electron chi connectivity index (χ4n) is 3.62. The van der Waals surface area contributed by atoms with Gasteiger partial charge in [0.1, 0.15) is 0 Å². The third-order valence-electron chi connectivity index (χ3n) is 4.89. The maximum absolute atomic E-state index is 6.27. The molecule has 0 N–H and O–H groups in total. The number of hydrogen-bond acceptors (Lipinski definition) is 1. The molecule has 1 aromatic heterocycles. The zero-order valence-corrected chi connectivity index (χ0v) is 14.8. The fraction of sp³-hybridized carbons (Fsp3) is 0.238. The molecule has 2 heterocycles. The smallest absolute Gasteiger partial charge is 0.0529 e. The first-order chi connectivity index (χ1) is 11.6. The molecule has 0 amide bonds. The van der Waals surface area contributed by atoms with Crippen LogP contribution in [0.15, 0.2) is 48.5 Å². The van der Waals surface area contributed by atoms with E-state index in [1.165, 1.54) is 33.3 Å². The average Bonchev–Trinajstić information content (AvgIpc) is 2.88. The molecule has 122 valence electrons. The van der Waals surface area contributed by atoms with E-state index >= 15 is 0 Å². The quantitative estimate of drug-likeness (QED) is 0.616. The van der Waals surface area contributed by atoms with Gasteiger partial charge in [0, 0.05) is 41.8 Å². The van der Waals surface area contributed by atoms with Gasteiger partial charge in [0.15, 0.2) is 0 Å². The van der Waals surface area contributed by atoms with Crippen LogP contribution in [0.2, 0.25) is 5.02 Å². The molecule has 0 saturated carbocycles. The number of hydrogen-bond donors (Lipinski definition) is 0. The highest BCUT2D eigenvalue weighted by molar-refractivity contribution is 6.31. The lowest BCUT2D eigenvalue weighted by atomic mass is 10.1. The van der Waals surface area contributed by atoms with Crippen LogP contribution in [0, 0.1) is 0 Å². The van der Waals surface area contributed by atoms with Crippen molar-refractivity contribution >= 4 is 34.3 Å². The molecule has 4 rings (SSSR count). The molecular formula is C21H21ClN2. The first-order valence-electron chi connectivity index (χ1n) is 8.37. The maximum Gasteiger partial charge on any atom is 0.0529 e. The van der Waals surface area contributed by atoms with Gasteiger partial charge in [-0.3, -0.25) is 0 Å². The summed E-state index contributed by atoms with van der Waals surface area (Å²) in [7, 11) is 2.18. The van der Waals surface area contributed by atoms with E-state index in [4.69, 9.17) is 11.6 Å². The molecule has 0 bridgehead atoms. The van der Waals surface area contributed by atoms with Crippen molar-refractivity contribution in [2.24, 2.45) is 0 Å². The van der Waals surface area contributed by atoms with Gasteiger partial charge in [0.25, 0.3) is 0 Å². The summed E-state index contributed by atoms with van der Waals surface area (Å²) >= 11 is 6.27. The molecule has 2 aromatic carbocycles. The van der Waals surface area contributed by atoms with Crippen LogP contribution in [0.5, 0.6) is 0 Å². The second-order valence-electron chi connectivity index (χ2n) is 6.62. The van der Waals surface area contributed by atoms with Gasteiger partial charge >= 0.3 is 0 Å². The molecule has 2 nitrogen and oxygen atoms in total. The molecule has 0 radical (unpaired) electrons. The van der Waals surface area contributed by atoms with E-state index in [1.807, 2.05) is 6.07 Å². The largest absolute Gasteiger partial charge is 0.320 e. The molecule has 0 atom stereocenters. The molecule has 1 aliphatic heterocycles. The number of likely N-dealkylation sites (N-methyl/N-ethyl adjacent to an activating group) is 1. The normalized spacial score (nSPS) is 15.7. The van der Waals surface area contributed by atoms with Crippen LogP contribution < -0.4 is 0 Å². The van der Waals surface area contributed by atoms with Gasteiger partial charge in [-0.2, -0.15) is 0 Å². The van der Waals surface area contributed by atoms with Crippen molar-refractivity contribution in [3.05, 3.63) is 70.4 Å². The van der Waals surface area contributed by atoms with Crippen LogP contribution in [0.25, 0.3) is 22.7 Å². The summed E-state index contributed by atoms with van der Waals surface area (Å²) in [5.41, 5.74) is 6.60. The Morgan fingerprint density at radius 1 is 1.12 bits per heavy atom. The molecule has 0 fully saturated rings. The first kappa shape index (κ1) is 15.5. The summed E-state index contributed by atoms with van der Waals surface area (Å²) in [4.78, 5) is 2.38. The van der Waals surface area contributed by atoms with Crippen molar-refractivity contribution in [3.8, 4) is 0 Å². The third-order valence-corrected chi connectivity index (χ3v) is 5.13. The minimum atomic E-state index is 0.805. The predicted octanol–water partition coefficient (Wildman–Crippen LogP) is 5.30. The number of fused-ring (bicyclic) bond motifs is 3. The minimum absolute atomic E-state index is 0.805. The lowest BCUT2D eigenvalue weighted by molar-refractivity contribution is 0.312. The molecule has 24 heavy (non-hydrogen) atoms. The Hall–Kier alpha value is -2.03. The van der Waals surface area contributed by atoms with Gasteiger partial charge in [-0.05, 0) is 48.9 Å². The number of aromatic nitrogens is 1. The standard InChI is InChI=1S/C21H21ClN2/c1-15(16-6-4-3-5-7-16)13-24-20-9-8-17(22)12-18(20)19-14-23(2)11-10-21(19)24/h3-9,12-13H,10-11,14H2,1-2H3/b15-13-. The van der Waals surface area contributed by atoms with E-state index in [9.17, 15) is 0 Å². The van der Waals surface area contributed by atoms with E-state index in [0.29, 0.717) is 0 Å². The second-order valence-corrected chi connectivity index (χ2v) is 7.06. The highest BCUT2D eigenvalue weighted by Crippen LogP contribution is 2.33. The van der Waals surface area contributed by atoms with Crippen LogP contribution >= 0.6 is 11.6 Å². The average molecular weight is 337 g/mol. The van der Waals surface area contributed by atoms with Gasteiger partial charge in [-0.1, -0.05) is 41.9 Å². The molecular weight excluding hydrogens is 316 g/mol. The number of rotatable bonds is 2. The van der Waals surface area contributed by atoms with E-state index in [-0.39, 0.29) is 0 Å². The SMILES string of the molecule is C/C(=C/n1c2c(c3cc(Cl)ccc31)CN(C)CC2)c1ccccc1. The Balaban J connectivity index is 1.92. The number of halogens is 1. The summed E-state index contributed by atoms with van der Waals surface area (Å²) in [5, 5.41) is 2.08. The Bertz CT molecular complexity index is 922. The van der Waals surface area contributed by atoms with Gasteiger partial charge in [0.2, 0.25) is 0 Å². The minimum Gasteiger partial charge on any atom is -0.320 e. The predicted molar refractivity (Wildman–Crippen MR) is 103 cm³/mol. The molecule has 0 unspecified atom stereocenters. The Morgan fingerprint density at radius 2 is 1.92 bits per heavy atom. The second kappa shape index (κ2) is 6.12. The van der Waals surface area contributed by atoms with Gasteiger partial charge < -0.3 is 9.47 Å². The van der Waals surface area contributed by atoms with Gasteiger partial charge in [-0.15, -0.1) is 0 Å². The van der Waals surface area contributed by atoms with Crippen molar-refractivity contribution in [3.63, 3.8) is 0 Å². The summed E-state index contributed by atoms with van der Waals surface area (Å²) in [6.07, 6.45) is 3.34. The van der Waals surface area contributed by atoms with Crippen molar-refractivity contribution in [2.45, 2.75) is 19.9 Å². The van der Waals surface area contributed by atoms with Crippen LogP contribution in [0.3, 0.4) is 0 Å². The van der Waals surface area contributed by atoms with Crippen molar-refractivity contribution in [1.82, 2.24) is 9.47 Å². The van der Waals surface area contributed by atoms with Crippen molar-refractivity contribution in [1.29, 1.82) is 0 Å². The van der Waals surface area contributed by atoms with Gasteiger partial charge in [-0.25, -0.2) is 0 Å². The monoisotopic (exact) mass is 336 g/mol. The summed E-state index contributed by atoms with van der Waals surface area (Å²) in [5.74, 6) is 0. The molecule has 0 aliphatic carbocycles. The van der Waals surface area contributed by atoms with Crippen molar-refractivity contribution < 1.29 is 0 Å². The maximum atomic E-state index is 6.27. The molecule has 0 saturated heterocycles. The van der Waals surface area contributed by atoms with Crippen molar-refractivity contribution in [2.75, 3.05) is 13.6 Å². The number of nitrogens with zero attached hydrogens (tertiary/aromatic N) is 2. The van der Waals surface area contributed by atoms with Crippen LogP contribution in [-0.2, 0) is 13.0 Å². The van der Waals surface area contributed by atoms with E-state index in [0.717, 1.165) is 24.5 Å². The van der Waals surface area contributed by atoms with Crippen LogP contribution in [0.1, 0.15) is 23.7 Å². The van der Waals surface area contributed by atoms with E-state index in [2.05, 4.69) is 72.1 Å². The summed E-state index contributed by atoms with van der Waals surface area (Å²) in [6, 6.07) is 16.8. The zero-order chi connectivity index (χ0) is 16.7. The highest BCUT2D eigenvalue weighted by Gasteiger charge is 2.21. The van der Waals surface area contributed by atoms with Crippen LogP contribution in [-0.4, -0.2) is 23.1 Å². The third kappa shape index (κ3) is 2.66. The topological polar surface area (TPSA) is 8.17 Å². The van der Waals surface area contributed by atoms with E-state index in [1.54, 1.807) is 0 Å². The first-order valence-corrected chi connectivity index (χ1v) is 8.75. The summed E-state index contributed by atoms with van der Waals surface area (Å²) < 4.78 is 2.37. The lowest BCUT2D eigenvalue weighted by Gasteiger charge is -2.23. The lowest BCUT2D eigenvalue weighted by Crippen LogP contribution is -2.26. The van der Waals surface area contributed by atoms with Crippen LogP contribution in [0.4, 0.5) is 0 Å². The highest BCUT2D eigenvalue weighted by atomic mass is 35.5.